The van der Waals surface area contributed by atoms with E-state index in [4.69, 9.17) is 0 Å². The summed E-state index contributed by atoms with van der Waals surface area (Å²) in [6.07, 6.45) is 4.44. The molecule has 1 heterocycles. The van der Waals surface area contributed by atoms with Gasteiger partial charge in [-0.1, -0.05) is 0 Å². The molecule has 2 rings (SSSR count). The summed E-state index contributed by atoms with van der Waals surface area (Å²) in [4.78, 5) is 13.6. The van der Waals surface area contributed by atoms with Gasteiger partial charge >= 0.3 is 0 Å². The number of amides is 1. The van der Waals surface area contributed by atoms with E-state index in [1.807, 2.05) is 11.9 Å². The zero-order valence-electron chi connectivity index (χ0n) is 8.25. The van der Waals surface area contributed by atoms with Crippen LogP contribution in [0.1, 0.15) is 25.7 Å². The maximum Gasteiger partial charge on any atom is 0.222 e. The highest BCUT2D eigenvalue weighted by Gasteiger charge is 2.29. The molecule has 1 amide bonds. The average molecular weight is 182 g/mol. The van der Waals surface area contributed by atoms with Gasteiger partial charge in [-0.05, 0) is 31.7 Å². The molecule has 1 aliphatic carbocycles. The standard InChI is InChI=1S/C10H18N2O/c1-12(9-4-5-11-7-9)10(13)6-8-2-3-8/h8-9,11H,2-7H2,1H3. The van der Waals surface area contributed by atoms with E-state index in [1.165, 1.54) is 12.8 Å². The minimum Gasteiger partial charge on any atom is -0.341 e. The first kappa shape index (κ1) is 9.00. The molecule has 2 fully saturated rings. The van der Waals surface area contributed by atoms with Crippen molar-refractivity contribution in [3.05, 3.63) is 0 Å². The van der Waals surface area contributed by atoms with E-state index < -0.39 is 0 Å². The van der Waals surface area contributed by atoms with Gasteiger partial charge in [-0.2, -0.15) is 0 Å². The van der Waals surface area contributed by atoms with Gasteiger partial charge in [0.2, 0.25) is 5.91 Å². The first-order valence-electron chi connectivity index (χ1n) is 5.24. The van der Waals surface area contributed by atoms with E-state index >= 15 is 0 Å². The minimum absolute atomic E-state index is 0.344. The molecule has 1 aliphatic heterocycles. The van der Waals surface area contributed by atoms with Crippen molar-refractivity contribution in [3.63, 3.8) is 0 Å². The summed E-state index contributed by atoms with van der Waals surface area (Å²) in [6, 6.07) is 0.450. The van der Waals surface area contributed by atoms with E-state index in [2.05, 4.69) is 5.32 Å². The Morgan fingerprint density at radius 1 is 1.46 bits per heavy atom. The normalized spacial score (nSPS) is 27.6. The van der Waals surface area contributed by atoms with Crippen LogP contribution in [0.4, 0.5) is 0 Å². The van der Waals surface area contributed by atoms with E-state index in [1.54, 1.807) is 0 Å². The quantitative estimate of drug-likeness (QED) is 0.693. The molecule has 3 heteroatoms. The fourth-order valence-electron chi connectivity index (χ4n) is 1.89. The molecule has 1 unspecified atom stereocenters. The van der Waals surface area contributed by atoms with Crippen LogP contribution in [0.2, 0.25) is 0 Å². The van der Waals surface area contributed by atoms with Crippen LogP contribution in [0, 0.1) is 5.92 Å². The van der Waals surface area contributed by atoms with Gasteiger partial charge < -0.3 is 10.2 Å². The van der Waals surface area contributed by atoms with Crippen LogP contribution < -0.4 is 5.32 Å². The van der Waals surface area contributed by atoms with Crippen molar-refractivity contribution in [2.24, 2.45) is 5.92 Å². The summed E-state index contributed by atoms with van der Waals surface area (Å²) < 4.78 is 0. The van der Waals surface area contributed by atoms with E-state index in [0.29, 0.717) is 17.9 Å². The van der Waals surface area contributed by atoms with Crippen LogP contribution in [0.3, 0.4) is 0 Å². The summed E-state index contributed by atoms with van der Waals surface area (Å²) in [7, 11) is 1.95. The topological polar surface area (TPSA) is 32.3 Å². The molecule has 0 bridgehead atoms. The molecule has 1 saturated carbocycles. The zero-order valence-corrected chi connectivity index (χ0v) is 8.25. The highest BCUT2D eigenvalue weighted by Crippen LogP contribution is 2.33. The lowest BCUT2D eigenvalue weighted by Gasteiger charge is -2.23. The number of nitrogens with one attached hydrogen (secondary N) is 1. The number of carbonyl (C=O) groups excluding carboxylic acids is 1. The second kappa shape index (κ2) is 3.66. The number of nitrogens with zero attached hydrogens (tertiary/aromatic N) is 1. The Kier molecular flexibility index (Phi) is 2.54. The van der Waals surface area contributed by atoms with Gasteiger partial charge in [-0.15, -0.1) is 0 Å². The highest BCUT2D eigenvalue weighted by atomic mass is 16.2. The molecule has 74 valence electrons. The lowest BCUT2D eigenvalue weighted by Crippen LogP contribution is -2.38. The summed E-state index contributed by atoms with van der Waals surface area (Å²) in [5.41, 5.74) is 0. The maximum atomic E-state index is 11.7. The Morgan fingerprint density at radius 3 is 2.77 bits per heavy atom. The van der Waals surface area contributed by atoms with Crippen molar-refractivity contribution >= 4 is 5.91 Å². The number of likely N-dealkylation sites (N-methyl/N-ethyl adjacent to an activating group) is 1. The van der Waals surface area contributed by atoms with Crippen LogP contribution in [0.15, 0.2) is 0 Å². The van der Waals surface area contributed by atoms with Crippen molar-refractivity contribution in [2.45, 2.75) is 31.7 Å². The van der Waals surface area contributed by atoms with Gasteiger partial charge in [0.15, 0.2) is 0 Å². The van der Waals surface area contributed by atoms with Crippen molar-refractivity contribution < 1.29 is 4.79 Å². The molecule has 0 aromatic rings. The second-order valence-corrected chi connectivity index (χ2v) is 4.30. The predicted molar refractivity (Wildman–Crippen MR) is 51.4 cm³/mol. The molecular formula is C10H18N2O. The number of hydrogen-bond donors (Lipinski definition) is 1. The molecule has 0 aromatic carbocycles. The summed E-state index contributed by atoms with van der Waals surface area (Å²) in [5.74, 6) is 1.06. The minimum atomic E-state index is 0.344. The molecule has 1 saturated heterocycles. The van der Waals surface area contributed by atoms with Gasteiger partial charge in [0.1, 0.15) is 0 Å². The Bertz CT molecular complexity index is 195. The Balaban J connectivity index is 1.79. The van der Waals surface area contributed by atoms with Crippen LogP contribution in [0.5, 0.6) is 0 Å². The van der Waals surface area contributed by atoms with Gasteiger partial charge in [0, 0.05) is 26.1 Å². The van der Waals surface area contributed by atoms with E-state index in [9.17, 15) is 4.79 Å². The van der Waals surface area contributed by atoms with E-state index in [-0.39, 0.29) is 0 Å². The Hall–Kier alpha value is -0.570. The largest absolute Gasteiger partial charge is 0.341 e. The fraction of sp³-hybridized carbons (Fsp3) is 0.900. The molecule has 0 spiro atoms. The van der Waals surface area contributed by atoms with Gasteiger partial charge in [-0.25, -0.2) is 0 Å². The lowest BCUT2D eigenvalue weighted by molar-refractivity contribution is -0.132. The third kappa shape index (κ3) is 2.21. The monoisotopic (exact) mass is 182 g/mol. The summed E-state index contributed by atoms with van der Waals surface area (Å²) in [5, 5.41) is 3.28. The van der Waals surface area contributed by atoms with Gasteiger partial charge in [0.05, 0.1) is 0 Å². The number of hydrogen-bond acceptors (Lipinski definition) is 2. The zero-order chi connectivity index (χ0) is 9.26. The first-order chi connectivity index (χ1) is 6.27. The molecule has 1 N–H and O–H groups in total. The smallest absolute Gasteiger partial charge is 0.222 e. The SMILES string of the molecule is CN(C(=O)CC1CC1)C1CCNC1. The van der Waals surface area contributed by atoms with E-state index in [0.717, 1.165) is 25.9 Å². The molecule has 1 atom stereocenters. The van der Waals surface area contributed by atoms with Crippen LogP contribution in [0.25, 0.3) is 0 Å². The summed E-state index contributed by atoms with van der Waals surface area (Å²) >= 11 is 0. The average Bonchev–Trinajstić information content (AvgIpc) is 2.78. The summed E-state index contributed by atoms with van der Waals surface area (Å²) in [6.45, 7) is 2.04. The molecule has 13 heavy (non-hydrogen) atoms. The molecule has 0 aromatic heterocycles. The third-order valence-corrected chi connectivity index (χ3v) is 3.14. The first-order valence-corrected chi connectivity index (χ1v) is 5.24. The Labute approximate surface area is 79.5 Å². The lowest BCUT2D eigenvalue weighted by atomic mass is 10.2. The van der Waals surface area contributed by atoms with Crippen molar-refractivity contribution in [1.29, 1.82) is 0 Å². The van der Waals surface area contributed by atoms with Gasteiger partial charge in [-0.3, -0.25) is 4.79 Å². The van der Waals surface area contributed by atoms with Crippen LogP contribution in [-0.2, 0) is 4.79 Å². The molecule has 0 radical (unpaired) electrons. The molecule has 2 aliphatic rings. The van der Waals surface area contributed by atoms with Crippen molar-refractivity contribution in [1.82, 2.24) is 10.2 Å². The third-order valence-electron chi connectivity index (χ3n) is 3.14. The number of carbonyl (C=O) groups is 1. The van der Waals surface area contributed by atoms with Crippen molar-refractivity contribution in [2.75, 3.05) is 20.1 Å². The van der Waals surface area contributed by atoms with Gasteiger partial charge in [0.25, 0.3) is 0 Å². The van der Waals surface area contributed by atoms with Crippen LogP contribution >= 0.6 is 0 Å². The number of rotatable bonds is 3. The Morgan fingerprint density at radius 2 is 2.23 bits per heavy atom. The molecule has 3 nitrogen and oxygen atoms in total. The van der Waals surface area contributed by atoms with Crippen LogP contribution in [-0.4, -0.2) is 37.0 Å². The molecular weight excluding hydrogens is 164 g/mol. The maximum absolute atomic E-state index is 11.7. The second-order valence-electron chi connectivity index (χ2n) is 4.30. The fourth-order valence-corrected chi connectivity index (χ4v) is 1.89. The predicted octanol–water partition coefficient (Wildman–Crippen LogP) is 0.607. The van der Waals surface area contributed by atoms with Crippen molar-refractivity contribution in [3.8, 4) is 0 Å². The highest BCUT2D eigenvalue weighted by molar-refractivity contribution is 5.76.